The number of rotatable bonds is 3. The minimum atomic E-state index is -1.31. The van der Waals surface area contributed by atoms with Crippen LogP contribution < -0.4 is 10.9 Å². The van der Waals surface area contributed by atoms with Crippen molar-refractivity contribution in [2.24, 2.45) is 0 Å². The second-order valence-electron chi connectivity index (χ2n) is 6.02. The minimum Gasteiger partial charge on any atom is -0.477 e. The molecule has 0 aliphatic rings. The average molecular weight is 382 g/mol. The number of pyridine rings is 1. The summed E-state index contributed by atoms with van der Waals surface area (Å²) < 4.78 is 6.93. The Hall–Kier alpha value is -3.38. The first-order valence-electron chi connectivity index (χ1n) is 8.03. The Bertz CT molecular complexity index is 1320. The molecule has 27 heavy (non-hydrogen) atoms. The van der Waals surface area contributed by atoms with E-state index in [0.29, 0.717) is 5.02 Å². The topological polar surface area (TPSA) is 89.5 Å². The lowest BCUT2D eigenvalue weighted by molar-refractivity contribution is 0.0685. The van der Waals surface area contributed by atoms with Crippen LogP contribution in [-0.2, 0) is 6.54 Å². The molecule has 0 atom stereocenters. The fourth-order valence-corrected chi connectivity index (χ4v) is 3.24. The molecule has 4 rings (SSSR count). The molecule has 0 radical (unpaired) electrons. The van der Waals surface area contributed by atoms with Crippen LogP contribution in [0.1, 0.15) is 16.1 Å². The van der Waals surface area contributed by atoms with E-state index in [-0.39, 0.29) is 34.3 Å². The van der Waals surface area contributed by atoms with Gasteiger partial charge < -0.3 is 14.1 Å². The zero-order chi connectivity index (χ0) is 19.1. The molecule has 0 aliphatic heterocycles. The van der Waals surface area contributed by atoms with Gasteiger partial charge in [0.25, 0.3) is 0 Å². The van der Waals surface area contributed by atoms with Gasteiger partial charge in [0, 0.05) is 17.6 Å². The summed E-state index contributed by atoms with van der Waals surface area (Å²) in [6.07, 6.45) is 0. The molecule has 2 heterocycles. The Kier molecular flexibility index (Phi) is 4.05. The molecule has 0 unspecified atom stereocenters. The summed E-state index contributed by atoms with van der Waals surface area (Å²) in [5, 5.41) is 10.1. The van der Waals surface area contributed by atoms with Crippen LogP contribution in [0.2, 0.25) is 5.02 Å². The molecule has 6 nitrogen and oxygen atoms in total. The van der Waals surface area contributed by atoms with Crippen LogP contribution >= 0.6 is 11.6 Å². The van der Waals surface area contributed by atoms with Crippen LogP contribution in [0, 0.1) is 0 Å². The highest BCUT2D eigenvalue weighted by molar-refractivity contribution is 6.31. The van der Waals surface area contributed by atoms with Crippen molar-refractivity contribution in [1.29, 1.82) is 0 Å². The Labute approximate surface area is 156 Å². The van der Waals surface area contributed by atoms with E-state index in [2.05, 4.69) is 0 Å². The summed E-state index contributed by atoms with van der Waals surface area (Å²) in [4.78, 5) is 37.3. The van der Waals surface area contributed by atoms with E-state index < -0.39 is 16.8 Å². The van der Waals surface area contributed by atoms with Gasteiger partial charge in [0.05, 0.1) is 5.39 Å². The lowest BCUT2D eigenvalue weighted by atomic mass is 10.1. The first-order chi connectivity index (χ1) is 13.0. The number of hydrogen-bond acceptors (Lipinski definition) is 4. The smallest absolute Gasteiger partial charge is 0.352 e. The van der Waals surface area contributed by atoms with Gasteiger partial charge in [0.15, 0.2) is 0 Å². The minimum absolute atomic E-state index is 0.0933. The quantitative estimate of drug-likeness (QED) is 0.548. The molecule has 0 saturated carbocycles. The number of fused-ring (bicyclic) bond motifs is 2. The molecule has 134 valence electrons. The van der Waals surface area contributed by atoms with Gasteiger partial charge in [0.1, 0.15) is 16.8 Å². The molecule has 2 aromatic heterocycles. The van der Waals surface area contributed by atoms with E-state index in [0.717, 1.165) is 11.6 Å². The number of carboxylic acids is 1. The van der Waals surface area contributed by atoms with Crippen molar-refractivity contribution in [2.75, 3.05) is 0 Å². The first kappa shape index (κ1) is 17.1. The maximum absolute atomic E-state index is 13.1. The number of carboxylic acid groups (broad SMARTS) is 1. The van der Waals surface area contributed by atoms with Crippen molar-refractivity contribution < 1.29 is 14.3 Å². The Balaban J connectivity index is 2.16. The molecule has 0 fully saturated rings. The molecular formula is C20H12ClNO5. The third-order valence-electron chi connectivity index (χ3n) is 4.28. The van der Waals surface area contributed by atoms with E-state index in [1.165, 1.54) is 16.7 Å². The van der Waals surface area contributed by atoms with Gasteiger partial charge >= 0.3 is 5.97 Å². The fourth-order valence-electron chi connectivity index (χ4n) is 3.07. The van der Waals surface area contributed by atoms with E-state index in [1.807, 2.05) is 6.07 Å². The van der Waals surface area contributed by atoms with Crippen LogP contribution in [0.3, 0.4) is 0 Å². The van der Waals surface area contributed by atoms with Crippen molar-refractivity contribution in [3.05, 3.63) is 91.3 Å². The first-order valence-corrected chi connectivity index (χ1v) is 8.40. The van der Waals surface area contributed by atoms with Crippen LogP contribution in [-0.4, -0.2) is 15.6 Å². The molecule has 1 N–H and O–H groups in total. The van der Waals surface area contributed by atoms with Gasteiger partial charge in [-0.1, -0.05) is 41.9 Å². The second kappa shape index (κ2) is 6.41. The van der Waals surface area contributed by atoms with Crippen molar-refractivity contribution in [2.45, 2.75) is 6.54 Å². The number of hydrogen-bond donors (Lipinski definition) is 1. The summed E-state index contributed by atoms with van der Waals surface area (Å²) in [5.41, 5.74) is -0.760. The summed E-state index contributed by atoms with van der Waals surface area (Å²) in [5.74, 6) is -1.31. The Morgan fingerprint density at radius 2 is 1.81 bits per heavy atom. The second-order valence-corrected chi connectivity index (χ2v) is 6.46. The largest absolute Gasteiger partial charge is 0.477 e. The maximum atomic E-state index is 13.1. The predicted octanol–water partition coefficient (Wildman–Crippen LogP) is 3.51. The van der Waals surface area contributed by atoms with Crippen LogP contribution in [0.25, 0.3) is 22.1 Å². The number of halogens is 1. The van der Waals surface area contributed by atoms with Crippen molar-refractivity contribution in [3.8, 4) is 0 Å². The zero-order valence-corrected chi connectivity index (χ0v) is 14.6. The van der Waals surface area contributed by atoms with Gasteiger partial charge in [-0.25, -0.2) is 4.79 Å². The SMILES string of the molecule is O=C(O)c1cc(=O)c2oc3ccc(Cl)cc3c(=O)c2n1Cc1ccccc1. The highest BCUT2D eigenvalue weighted by Crippen LogP contribution is 2.21. The highest BCUT2D eigenvalue weighted by Gasteiger charge is 2.20. The third-order valence-corrected chi connectivity index (χ3v) is 4.52. The standard InChI is InChI=1S/C20H12ClNO5/c21-12-6-7-16-13(8-12)18(24)17-19(27-16)15(23)9-14(20(25)26)22(17)10-11-4-2-1-3-5-11/h1-9H,10H2,(H,25,26). The van der Waals surface area contributed by atoms with Gasteiger partial charge in [-0.3, -0.25) is 9.59 Å². The summed E-state index contributed by atoms with van der Waals surface area (Å²) in [6, 6.07) is 14.5. The van der Waals surface area contributed by atoms with E-state index >= 15 is 0 Å². The van der Waals surface area contributed by atoms with Gasteiger partial charge in [0.2, 0.25) is 16.4 Å². The average Bonchev–Trinajstić information content (AvgIpc) is 2.65. The lowest BCUT2D eigenvalue weighted by Gasteiger charge is -2.14. The molecule has 0 spiro atoms. The number of nitrogens with zero attached hydrogens (tertiary/aromatic N) is 1. The van der Waals surface area contributed by atoms with Crippen LogP contribution in [0.15, 0.2) is 68.6 Å². The molecule has 4 aromatic rings. The number of carbonyl (C=O) groups is 1. The van der Waals surface area contributed by atoms with Gasteiger partial charge in [-0.15, -0.1) is 0 Å². The molecule has 7 heteroatoms. The zero-order valence-electron chi connectivity index (χ0n) is 13.8. The van der Waals surface area contributed by atoms with Crippen molar-refractivity contribution in [1.82, 2.24) is 4.57 Å². The maximum Gasteiger partial charge on any atom is 0.352 e. The molecule has 0 aliphatic carbocycles. The summed E-state index contributed by atoms with van der Waals surface area (Å²) >= 11 is 5.98. The normalized spacial score (nSPS) is 11.1. The van der Waals surface area contributed by atoms with E-state index in [4.69, 9.17) is 16.0 Å². The molecule has 0 amide bonds. The van der Waals surface area contributed by atoms with Crippen molar-refractivity contribution >= 4 is 39.6 Å². The fraction of sp³-hybridized carbons (Fsp3) is 0.0500. The van der Waals surface area contributed by atoms with Crippen LogP contribution in [0.5, 0.6) is 0 Å². The highest BCUT2D eigenvalue weighted by atomic mass is 35.5. The van der Waals surface area contributed by atoms with Gasteiger partial charge in [-0.2, -0.15) is 0 Å². The van der Waals surface area contributed by atoms with Crippen molar-refractivity contribution in [3.63, 3.8) is 0 Å². The summed E-state index contributed by atoms with van der Waals surface area (Å²) in [7, 11) is 0. The third kappa shape index (κ3) is 2.90. The van der Waals surface area contributed by atoms with E-state index in [1.54, 1.807) is 30.3 Å². The molecule has 2 aromatic carbocycles. The predicted molar refractivity (Wildman–Crippen MR) is 102 cm³/mol. The number of aromatic carboxylic acids is 1. The number of benzene rings is 2. The molecular weight excluding hydrogens is 370 g/mol. The molecule has 0 saturated heterocycles. The summed E-state index contributed by atoms with van der Waals surface area (Å²) in [6.45, 7) is 0.0933. The number of aromatic nitrogens is 1. The lowest BCUT2D eigenvalue weighted by Crippen LogP contribution is -2.23. The van der Waals surface area contributed by atoms with Crippen LogP contribution in [0.4, 0.5) is 0 Å². The Morgan fingerprint density at radius 3 is 2.52 bits per heavy atom. The Morgan fingerprint density at radius 1 is 1.07 bits per heavy atom. The monoisotopic (exact) mass is 381 g/mol. The molecule has 0 bridgehead atoms. The van der Waals surface area contributed by atoms with E-state index in [9.17, 15) is 19.5 Å². The van der Waals surface area contributed by atoms with Gasteiger partial charge in [-0.05, 0) is 23.8 Å².